The molecule has 1 heterocycles. The number of carbonyl (C=O) groups is 1. The number of hydrogen-bond acceptors (Lipinski definition) is 5. The Morgan fingerprint density at radius 3 is 2.37 bits per heavy atom. The number of hydrogen-bond donors (Lipinski definition) is 1. The van der Waals surface area contributed by atoms with Crippen LogP contribution in [-0.4, -0.2) is 53.1 Å². The molecule has 2 aliphatic rings. The molecule has 1 aliphatic carbocycles. The largest absolute Gasteiger partial charge is 0.489 e. The van der Waals surface area contributed by atoms with Crippen LogP contribution in [0.4, 0.5) is 4.79 Å². The summed E-state index contributed by atoms with van der Waals surface area (Å²) in [5.41, 5.74) is -0.521. The van der Waals surface area contributed by atoms with Gasteiger partial charge in [-0.3, -0.25) is 0 Å². The van der Waals surface area contributed by atoms with Gasteiger partial charge in [0.05, 0.1) is 23.3 Å². The zero-order valence-electron chi connectivity index (χ0n) is 18.6. The molecule has 0 spiro atoms. The Kier molecular flexibility index (Phi) is 6.90. The first-order valence-corrected chi connectivity index (χ1v) is 11.0. The first-order chi connectivity index (χ1) is 13.9. The lowest BCUT2D eigenvalue weighted by atomic mass is 10.0. The van der Waals surface area contributed by atoms with Crippen LogP contribution in [0.3, 0.4) is 0 Å². The molecule has 2 fully saturated rings. The molecule has 1 aromatic rings. The molecule has 1 amide bonds. The van der Waals surface area contributed by atoms with Gasteiger partial charge in [-0.2, -0.15) is 0 Å². The third-order valence-electron chi connectivity index (χ3n) is 5.46. The number of carbonyl (C=O) groups excluding carboxylic acids is 1. The van der Waals surface area contributed by atoms with Crippen LogP contribution in [0.25, 0.3) is 0 Å². The number of amides is 1. The number of rotatable bonds is 6. The molecule has 1 N–H and O–H groups in total. The fraction of sp³-hybridized carbons (Fsp3) is 0.696. The molecule has 3 atom stereocenters. The standard InChI is InChI=1S/C23H34ClNO5/c1-22(2,3)30-21(26)25-11-16-9-18(10-17(16)12-25)28-13-15-7-6-8-19(20(15)24)29-14-23(4,5)27/h6-8,16-18,27H,9-14H2,1-5H3/t16-,17+,18?. The lowest BCUT2D eigenvalue weighted by molar-refractivity contribution is 0.0201. The van der Waals surface area contributed by atoms with Gasteiger partial charge in [0.2, 0.25) is 0 Å². The van der Waals surface area contributed by atoms with E-state index >= 15 is 0 Å². The Labute approximate surface area is 184 Å². The highest BCUT2D eigenvalue weighted by molar-refractivity contribution is 6.32. The van der Waals surface area contributed by atoms with Crippen molar-refractivity contribution >= 4 is 17.7 Å². The van der Waals surface area contributed by atoms with Gasteiger partial charge in [-0.1, -0.05) is 23.7 Å². The Morgan fingerprint density at radius 1 is 1.17 bits per heavy atom. The maximum atomic E-state index is 12.3. The van der Waals surface area contributed by atoms with Crippen LogP contribution in [0.5, 0.6) is 5.75 Å². The molecule has 1 saturated carbocycles. The van der Waals surface area contributed by atoms with Crippen molar-refractivity contribution in [2.24, 2.45) is 11.8 Å². The molecule has 3 rings (SSSR count). The van der Waals surface area contributed by atoms with E-state index in [0.29, 0.717) is 29.2 Å². The predicted octanol–water partition coefficient (Wildman–Crippen LogP) is 4.65. The third-order valence-corrected chi connectivity index (χ3v) is 5.89. The number of fused-ring (bicyclic) bond motifs is 1. The van der Waals surface area contributed by atoms with Crippen molar-refractivity contribution in [3.8, 4) is 5.75 Å². The van der Waals surface area contributed by atoms with Crippen LogP contribution in [0.15, 0.2) is 18.2 Å². The summed E-state index contributed by atoms with van der Waals surface area (Å²) in [5.74, 6) is 1.47. The van der Waals surface area contributed by atoms with Crippen molar-refractivity contribution in [3.05, 3.63) is 28.8 Å². The molecule has 1 aliphatic heterocycles. The van der Waals surface area contributed by atoms with Gasteiger partial charge in [-0.15, -0.1) is 0 Å². The number of nitrogens with zero attached hydrogens (tertiary/aromatic N) is 1. The van der Waals surface area contributed by atoms with Gasteiger partial charge in [0, 0.05) is 18.7 Å². The minimum atomic E-state index is -0.926. The van der Waals surface area contributed by atoms with Crippen molar-refractivity contribution < 1.29 is 24.1 Å². The van der Waals surface area contributed by atoms with E-state index in [-0.39, 0.29) is 18.8 Å². The Balaban J connectivity index is 1.49. The van der Waals surface area contributed by atoms with E-state index in [0.717, 1.165) is 31.5 Å². The van der Waals surface area contributed by atoms with E-state index in [4.69, 9.17) is 25.8 Å². The Hall–Kier alpha value is -1.50. The number of halogens is 1. The van der Waals surface area contributed by atoms with E-state index in [1.807, 2.05) is 37.8 Å². The first kappa shape index (κ1) is 23.2. The van der Waals surface area contributed by atoms with Gasteiger partial charge < -0.3 is 24.2 Å². The maximum Gasteiger partial charge on any atom is 0.410 e. The zero-order chi connectivity index (χ0) is 22.1. The molecule has 1 unspecified atom stereocenters. The molecule has 168 valence electrons. The molecule has 1 aromatic carbocycles. The van der Waals surface area contributed by atoms with E-state index in [2.05, 4.69) is 0 Å². The van der Waals surface area contributed by atoms with Crippen molar-refractivity contribution in [2.75, 3.05) is 19.7 Å². The summed E-state index contributed by atoms with van der Waals surface area (Å²) in [6.07, 6.45) is 1.83. The molecule has 7 heteroatoms. The minimum absolute atomic E-state index is 0.164. The quantitative estimate of drug-likeness (QED) is 0.698. The molecule has 1 saturated heterocycles. The lowest BCUT2D eigenvalue weighted by Gasteiger charge is -2.25. The number of aliphatic hydroxyl groups is 1. The fourth-order valence-corrected chi connectivity index (χ4v) is 4.33. The summed E-state index contributed by atoms with van der Waals surface area (Å²) >= 11 is 6.48. The second kappa shape index (κ2) is 8.93. The molecular weight excluding hydrogens is 406 g/mol. The second-order valence-corrected chi connectivity index (χ2v) is 10.5. The maximum absolute atomic E-state index is 12.3. The molecule has 30 heavy (non-hydrogen) atoms. The summed E-state index contributed by atoms with van der Waals surface area (Å²) in [6.45, 7) is 11.1. The fourth-order valence-electron chi connectivity index (χ4n) is 4.10. The normalized spacial score (nSPS) is 24.1. The van der Waals surface area contributed by atoms with Gasteiger partial charge in [0.25, 0.3) is 0 Å². The zero-order valence-corrected chi connectivity index (χ0v) is 19.4. The van der Waals surface area contributed by atoms with Gasteiger partial charge >= 0.3 is 6.09 Å². The molecule has 0 radical (unpaired) electrons. The van der Waals surface area contributed by atoms with Crippen LogP contribution < -0.4 is 4.74 Å². The van der Waals surface area contributed by atoms with Crippen LogP contribution in [0.1, 0.15) is 53.0 Å². The monoisotopic (exact) mass is 439 g/mol. The summed E-state index contributed by atoms with van der Waals surface area (Å²) in [6, 6.07) is 5.61. The van der Waals surface area contributed by atoms with Crippen molar-refractivity contribution in [1.82, 2.24) is 4.90 Å². The number of likely N-dealkylation sites (tertiary alicyclic amines) is 1. The topological polar surface area (TPSA) is 68.2 Å². The van der Waals surface area contributed by atoms with Gasteiger partial charge in [-0.25, -0.2) is 4.79 Å². The molecular formula is C23H34ClNO5. The predicted molar refractivity (Wildman–Crippen MR) is 116 cm³/mol. The Morgan fingerprint density at radius 2 is 1.80 bits per heavy atom. The van der Waals surface area contributed by atoms with Crippen molar-refractivity contribution in [1.29, 1.82) is 0 Å². The van der Waals surface area contributed by atoms with E-state index < -0.39 is 11.2 Å². The highest BCUT2D eigenvalue weighted by Gasteiger charge is 2.43. The summed E-state index contributed by atoms with van der Waals surface area (Å²) in [4.78, 5) is 14.1. The summed E-state index contributed by atoms with van der Waals surface area (Å²) in [5, 5.41) is 10.4. The lowest BCUT2D eigenvalue weighted by Crippen LogP contribution is -2.36. The van der Waals surface area contributed by atoms with E-state index in [1.165, 1.54) is 0 Å². The SMILES string of the molecule is CC(C)(O)COc1cccc(COC2C[C@@H]3CN(C(=O)OC(C)(C)C)C[C@@H]3C2)c1Cl. The minimum Gasteiger partial charge on any atom is -0.489 e. The summed E-state index contributed by atoms with van der Waals surface area (Å²) < 4.78 is 17.3. The third kappa shape index (κ3) is 6.25. The molecule has 0 bridgehead atoms. The van der Waals surface area contributed by atoms with E-state index in [1.54, 1.807) is 19.9 Å². The highest BCUT2D eigenvalue weighted by atomic mass is 35.5. The molecule has 6 nitrogen and oxygen atoms in total. The Bertz CT molecular complexity index is 741. The second-order valence-electron chi connectivity index (χ2n) is 10.1. The average Bonchev–Trinajstić information content (AvgIpc) is 3.16. The highest BCUT2D eigenvalue weighted by Crippen LogP contribution is 2.40. The van der Waals surface area contributed by atoms with Gasteiger partial charge in [-0.05, 0) is 65.4 Å². The summed E-state index contributed by atoms with van der Waals surface area (Å²) in [7, 11) is 0. The number of ether oxygens (including phenoxy) is 3. The van der Waals surface area contributed by atoms with Crippen LogP contribution in [0.2, 0.25) is 5.02 Å². The van der Waals surface area contributed by atoms with Gasteiger partial charge in [0.1, 0.15) is 18.0 Å². The van der Waals surface area contributed by atoms with Crippen molar-refractivity contribution in [2.45, 2.75) is 71.4 Å². The van der Waals surface area contributed by atoms with E-state index in [9.17, 15) is 9.90 Å². The number of benzene rings is 1. The van der Waals surface area contributed by atoms with Crippen LogP contribution in [0, 0.1) is 11.8 Å². The van der Waals surface area contributed by atoms with Crippen LogP contribution >= 0.6 is 11.6 Å². The van der Waals surface area contributed by atoms with Gasteiger partial charge in [0.15, 0.2) is 0 Å². The van der Waals surface area contributed by atoms with Crippen molar-refractivity contribution in [3.63, 3.8) is 0 Å². The molecule has 0 aromatic heterocycles. The average molecular weight is 440 g/mol. The first-order valence-electron chi connectivity index (χ1n) is 10.6. The van der Waals surface area contributed by atoms with Crippen LogP contribution in [-0.2, 0) is 16.1 Å². The smallest absolute Gasteiger partial charge is 0.410 e.